The van der Waals surface area contributed by atoms with Crippen molar-refractivity contribution in [2.75, 3.05) is 70.4 Å². The predicted molar refractivity (Wildman–Crippen MR) is 215 cm³/mol. The van der Waals surface area contributed by atoms with E-state index in [4.69, 9.17) is 42.6 Å². The van der Waals surface area contributed by atoms with Gasteiger partial charge in [-0.25, -0.2) is 22.3 Å². The maximum atomic E-state index is 14.8. The molecule has 3 aromatic carbocycles. The van der Waals surface area contributed by atoms with Gasteiger partial charge in [-0.3, -0.25) is 23.9 Å². The number of benzene rings is 3. The number of carboxylic acid groups (broad SMARTS) is 1. The number of esters is 1. The number of halogens is 5. The Balaban J connectivity index is 0.000000819. The first kappa shape index (κ1) is 45.1. The summed E-state index contributed by atoms with van der Waals surface area (Å²) in [5, 5.41) is 7.99. The third kappa shape index (κ3) is 9.86. The number of fused-ring (bicyclic) bond motifs is 1. The van der Waals surface area contributed by atoms with E-state index in [9.17, 15) is 40.8 Å². The molecule has 61 heavy (non-hydrogen) atoms. The number of carbonyl (C=O) groups excluding carboxylic acids is 3. The van der Waals surface area contributed by atoms with Crippen molar-refractivity contribution >= 4 is 62.8 Å². The van der Waals surface area contributed by atoms with Crippen molar-refractivity contribution in [3.05, 3.63) is 128 Å². The zero-order valence-electron chi connectivity index (χ0n) is 32.3. The number of methoxy groups -OCH3 is 1. The molecule has 3 aliphatic rings. The lowest BCUT2D eigenvalue weighted by Gasteiger charge is -2.36. The van der Waals surface area contributed by atoms with Gasteiger partial charge >= 0.3 is 18.1 Å². The molecule has 7 rings (SSSR count). The molecule has 3 aliphatic heterocycles. The van der Waals surface area contributed by atoms with Crippen LogP contribution in [0.5, 0.6) is 0 Å². The summed E-state index contributed by atoms with van der Waals surface area (Å²) in [4.78, 5) is 68.1. The van der Waals surface area contributed by atoms with Crippen LogP contribution >= 0.6 is 23.2 Å². The molecule has 0 spiro atoms. The van der Waals surface area contributed by atoms with Crippen LogP contribution in [-0.4, -0.2) is 129 Å². The molecule has 0 aliphatic carbocycles. The fourth-order valence-corrected chi connectivity index (χ4v) is 9.14. The van der Waals surface area contributed by atoms with Gasteiger partial charge in [0.25, 0.3) is 21.5 Å². The molecule has 2 atom stereocenters. The lowest BCUT2D eigenvalue weighted by Crippen LogP contribution is -2.53. The van der Waals surface area contributed by atoms with Gasteiger partial charge < -0.3 is 24.4 Å². The third-order valence-electron chi connectivity index (χ3n) is 10.2. The summed E-state index contributed by atoms with van der Waals surface area (Å²) in [6, 6.07) is 19.7. The first-order valence-corrected chi connectivity index (χ1v) is 20.8. The third-order valence-corrected chi connectivity index (χ3v) is 12.5. The highest BCUT2D eigenvalue weighted by molar-refractivity contribution is 7.92. The van der Waals surface area contributed by atoms with E-state index >= 15 is 0 Å². The number of alkyl halides is 3. The number of carbonyl (C=O) groups is 4. The highest BCUT2D eigenvalue weighted by atomic mass is 35.5. The smallest absolute Gasteiger partial charge is 0.475 e. The molecule has 2 fully saturated rings. The Labute approximate surface area is 357 Å². The zero-order valence-corrected chi connectivity index (χ0v) is 34.6. The highest BCUT2D eigenvalue weighted by Crippen LogP contribution is 2.49. The van der Waals surface area contributed by atoms with Crippen LogP contribution in [-0.2, 0) is 29.1 Å². The van der Waals surface area contributed by atoms with Gasteiger partial charge in [0.15, 0.2) is 0 Å². The molecule has 2 amide bonds. The first-order valence-electron chi connectivity index (χ1n) is 18.6. The van der Waals surface area contributed by atoms with Crippen molar-refractivity contribution in [2.24, 2.45) is 0 Å². The molecule has 21 heteroatoms. The fraction of sp³-hybridized carbons (Fsp3) is 0.325. The number of sulfonamides is 1. The summed E-state index contributed by atoms with van der Waals surface area (Å²) >= 11 is 12.5. The van der Waals surface area contributed by atoms with E-state index < -0.39 is 51.7 Å². The van der Waals surface area contributed by atoms with E-state index in [1.54, 1.807) is 58.3 Å². The Hall–Kier alpha value is -5.47. The molecule has 15 nitrogen and oxygen atoms in total. The number of anilines is 1. The normalized spacial score (nSPS) is 18.2. The SMILES string of the molecule is COC(=O)c1cccc(S(=O)(=O)N2c3ccc(C(=O)N4CCN(CC(=O)N5CCOCC5)CC4)c(=O)n3[C@@H](c3ccc(Cl)cc3)[C@H]2c2ccc(Cl)cc2)c1.O=C(O)C(F)(F)F. The minimum atomic E-state index is -5.08. The van der Waals surface area contributed by atoms with Gasteiger partial charge in [0.2, 0.25) is 5.91 Å². The van der Waals surface area contributed by atoms with E-state index in [0.29, 0.717) is 73.7 Å². The van der Waals surface area contributed by atoms with Crippen LogP contribution in [0.4, 0.5) is 19.0 Å². The number of aromatic nitrogens is 1. The molecule has 324 valence electrons. The number of rotatable bonds is 8. The molecule has 0 bridgehead atoms. The maximum absolute atomic E-state index is 14.8. The standard InChI is InChI=1S/C38H37Cl2N5O8S.C2HF3O2/c1-52-38(49)27-3-2-4-30(23-27)54(50,51)45-32-14-13-31(36(47)43-17-15-41(16-18-43)24-33(46)42-19-21-53-22-20-42)37(48)44(32)34(25-5-9-28(39)10-6-25)35(45)26-7-11-29(40)12-8-26;3-2(4,5)1(6)7/h2-14,23,34-35H,15-22,24H2,1H3;(H,6,7)/t34-,35+;/m0./s1. The summed E-state index contributed by atoms with van der Waals surface area (Å²) in [7, 11) is -3.30. The summed E-state index contributed by atoms with van der Waals surface area (Å²) in [5.74, 6) is -3.95. The molecule has 0 saturated carbocycles. The molecule has 1 N–H and O–H groups in total. The Morgan fingerprint density at radius 3 is 1.90 bits per heavy atom. The van der Waals surface area contributed by atoms with Crippen molar-refractivity contribution in [1.29, 1.82) is 0 Å². The summed E-state index contributed by atoms with van der Waals surface area (Å²) in [5.41, 5.74) is 0.302. The number of morpholine rings is 1. The molecule has 0 unspecified atom stereocenters. The van der Waals surface area contributed by atoms with Crippen molar-refractivity contribution in [2.45, 2.75) is 23.2 Å². The topological polar surface area (TPSA) is 176 Å². The molecule has 4 heterocycles. The van der Waals surface area contributed by atoms with Crippen LogP contribution in [0.1, 0.15) is 43.9 Å². The molecule has 1 aromatic heterocycles. The van der Waals surface area contributed by atoms with Gasteiger partial charge in [-0.05, 0) is 65.7 Å². The summed E-state index contributed by atoms with van der Waals surface area (Å²) < 4.78 is 74.1. The monoisotopic (exact) mass is 907 g/mol. The number of hydrogen-bond donors (Lipinski definition) is 1. The Kier molecular flexibility index (Phi) is 13.8. The lowest BCUT2D eigenvalue weighted by molar-refractivity contribution is -0.192. The highest BCUT2D eigenvalue weighted by Gasteiger charge is 2.48. The van der Waals surface area contributed by atoms with E-state index in [1.807, 2.05) is 4.90 Å². The number of piperazine rings is 1. The van der Waals surface area contributed by atoms with Gasteiger partial charge in [-0.15, -0.1) is 0 Å². The molecular formula is C40H38Cl2F3N5O10S. The van der Waals surface area contributed by atoms with Crippen LogP contribution in [0.15, 0.2) is 94.6 Å². The largest absolute Gasteiger partial charge is 0.490 e. The second kappa shape index (κ2) is 18.7. The van der Waals surface area contributed by atoms with E-state index in [-0.39, 0.29) is 34.3 Å². The van der Waals surface area contributed by atoms with Gasteiger partial charge in [0.1, 0.15) is 11.4 Å². The van der Waals surface area contributed by atoms with Crippen LogP contribution in [0.2, 0.25) is 10.0 Å². The second-order valence-electron chi connectivity index (χ2n) is 14.0. The fourth-order valence-electron chi connectivity index (χ4n) is 7.21. The predicted octanol–water partition coefficient (Wildman–Crippen LogP) is 4.73. The van der Waals surface area contributed by atoms with Crippen molar-refractivity contribution in [3.8, 4) is 0 Å². The van der Waals surface area contributed by atoms with Crippen LogP contribution in [0.25, 0.3) is 0 Å². The van der Waals surface area contributed by atoms with Crippen LogP contribution in [0.3, 0.4) is 0 Å². The minimum Gasteiger partial charge on any atom is -0.475 e. The number of pyridine rings is 1. The van der Waals surface area contributed by atoms with Crippen molar-refractivity contribution in [1.82, 2.24) is 19.3 Å². The lowest BCUT2D eigenvalue weighted by atomic mass is 9.94. The summed E-state index contributed by atoms with van der Waals surface area (Å²) in [6.07, 6.45) is -5.08. The number of aliphatic carboxylic acids is 1. The van der Waals surface area contributed by atoms with Gasteiger partial charge in [-0.1, -0.05) is 53.5 Å². The average molecular weight is 909 g/mol. The van der Waals surface area contributed by atoms with Crippen LogP contribution in [0, 0.1) is 0 Å². The number of nitrogens with zero attached hydrogens (tertiary/aromatic N) is 5. The quantitative estimate of drug-likeness (QED) is 0.242. The maximum Gasteiger partial charge on any atom is 0.490 e. The Bertz CT molecular complexity index is 2460. The van der Waals surface area contributed by atoms with Crippen molar-refractivity contribution < 1.29 is 55.3 Å². The van der Waals surface area contributed by atoms with E-state index in [1.165, 1.54) is 48.1 Å². The van der Waals surface area contributed by atoms with Gasteiger partial charge in [0, 0.05) is 49.3 Å². The Morgan fingerprint density at radius 2 is 1.36 bits per heavy atom. The first-order chi connectivity index (χ1) is 28.9. The molecule has 2 saturated heterocycles. The number of hydrogen-bond acceptors (Lipinski definition) is 10. The zero-order chi connectivity index (χ0) is 44.2. The van der Waals surface area contributed by atoms with E-state index in [2.05, 4.69) is 0 Å². The average Bonchev–Trinajstić information content (AvgIpc) is 3.61. The second-order valence-corrected chi connectivity index (χ2v) is 16.6. The number of ether oxygens (including phenoxy) is 2. The van der Waals surface area contributed by atoms with Gasteiger partial charge in [-0.2, -0.15) is 13.2 Å². The van der Waals surface area contributed by atoms with Gasteiger partial charge in [0.05, 0.1) is 49.4 Å². The molecule has 0 radical (unpaired) electrons. The van der Waals surface area contributed by atoms with Crippen molar-refractivity contribution in [3.63, 3.8) is 0 Å². The minimum absolute atomic E-state index is 0.00922. The molecule has 4 aromatic rings. The van der Waals surface area contributed by atoms with E-state index in [0.717, 1.165) is 4.31 Å². The Morgan fingerprint density at radius 1 is 0.803 bits per heavy atom. The molecular weight excluding hydrogens is 870 g/mol. The van der Waals surface area contributed by atoms with Crippen LogP contribution < -0.4 is 9.86 Å². The number of amides is 2. The number of carboxylic acids is 1. The summed E-state index contributed by atoms with van der Waals surface area (Å²) in [6.45, 7) is 3.82.